The summed E-state index contributed by atoms with van der Waals surface area (Å²) in [5, 5.41) is 5.55. The molecule has 0 aliphatic carbocycles. The van der Waals surface area contributed by atoms with E-state index in [0.29, 0.717) is 37.1 Å². The van der Waals surface area contributed by atoms with Gasteiger partial charge in [0.2, 0.25) is 0 Å². The minimum absolute atomic E-state index is 0.180. The topological polar surface area (TPSA) is 71.1 Å². The second-order valence-electron chi connectivity index (χ2n) is 6.52. The quantitative estimate of drug-likeness (QED) is 0.620. The van der Waals surface area contributed by atoms with E-state index in [1.807, 2.05) is 30.3 Å². The molecule has 1 aromatic heterocycles. The van der Waals surface area contributed by atoms with Crippen molar-refractivity contribution < 1.29 is 14.0 Å². The van der Waals surface area contributed by atoms with E-state index in [1.54, 1.807) is 24.3 Å². The highest BCUT2D eigenvalue weighted by Crippen LogP contribution is 2.07. The molecule has 2 amide bonds. The van der Waals surface area contributed by atoms with Crippen LogP contribution in [-0.2, 0) is 12.8 Å². The van der Waals surface area contributed by atoms with Crippen LogP contribution >= 0.6 is 0 Å². The molecule has 0 radical (unpaired) electrons. The number of hydrogen-bond acceptors (Lipinski definition) is 3. The number of hydrogen-bond donors (Lipinski definition) is 2. The van der Waals surface area contributed by atoms with Gasteiger partial charge in [0.15, 0.2) is 0 Å². The SMILES string of the molecule is O=C(NCCc1ccccc1F)c1ccnc(C(=O)NCCc2ccccc2)c1. The zero-order chi connectivity index (χ0) is 20.5. The zero-order valence-corrected chi connectivity index (χ0v) is 15.9. The molecular weight excluding hydrogens is 369 g/mol. The monoisotopic (exact) mass is 391 g/mol. The highest BCUT2D eigenvalue weighted by Gasteiger charge is 2.12. The van der Waals surface area contributed by atoms with Crippen LogP contribution in [0, 0.1) is 5.82 Å². The Morgan fingerprint density at radius 1 is 0.828 bits per heavy atom. The summed E-state index contributed by atoms with van der Waals surface area (Å²) >= 11 is 0. The Bertz CT molecular complexity index is 977. The zero-order valence-electron chi connectivity index (χ0n) is 15.9. The van der Waals surface area contributed by atoms with Gasteiger partial charge in [0.05, 0.1) is 0 Å². The molecular formula is C23H22FN3O2. The third-order valence-electron chi connectivity index (χ3n) is 4.43. The first-order valence-corrected chi connectivity index (χ1v) is 9.43. The fraction of sp³-hybridized carbons (Fsp3) is 0.174. The van der Waals surface area contributed by atoms with Crippen LogP contribution in [0.3, 0.4) is 0 Å². The van der Waals surface area contributed by atoms with Gasteiger partial charge in [-0.05, 0) is 42.2 Å². The van der Waals surface area contributed by atoms with Crippen LogP contribution < -0.4 is 10.6 Å². The van der Waals surface area contributed by atoms with Crippen molar-refractivity contribution >= 4 is 11.8 Å². The number of nitrogens with zero attached hydrogens (tertiary/aromatic N) is 1. The van der Waals surface area contributed by atoms with Crippen LogP contribution in [0.5, 0.6) is 0 Å². The van der Waals surface area contributed by atoms with E-state index in [9.17, 15) is 14.0 Å². The first kappa shape index (κ1) is 20.2. The predicted molar refractivity (Wildman–Crippen MR) is 109 cm³/mol. The summed E-state index contributed by atoms with van der Waals surface area (Å²) in [6.07, 6.45) is 2.52. The molecule has 5 nitrogen and oxygen atoms in total. The van der Waals surface area contributed by atoms with Crippen molar-refractivity contribution in [2.24, 2.45) is 0 Å². The summed E-state index contributed by atoms with van der Waals surface area (Å²) in [6.45, 7) is 0.768. The van der Waals surface area contributed by atoms with E-state index in [0.717, 1.165) is 5.56 Å². The summed E-state index contributed by atoms with van der Waals surface area (Å²) in [6, 6.07) is 19.3. The Morgan fingerprint density at radius 3 is 2.31 bits per heavy atom. The predicted octanol–water partition coefficient (Wildman–Crippen LogP) is 3.17. The largest absolute Gasteiger partial charge is 0.352 e. The summed E-state index contributed by atoms with van der Waals surface area (Å²) in [7, 11) is 0. The average Bonchev–Trinajstić information content (AvgIpc) is 2.76. The van der Waals surface area contributed by atoms with Crippen molar-refractivity contribution in [3.8, 4) is 0 Å². The first-order valence-electron chi connectivity index (χ1n) is 9.43. The van der Waals surface area contributed by atoms with E-state index in [1.165, 1.54) is 18.3 Å². The second-order valence-corrected chi connectivity index (χ2v) is 6.52. The third kappa shape index (κ3) is 5.97. The summed E-state index contributed by atoms with van der Waals surface area (Å²) < 4.78 is 13.6. The third-order valence-corrected chi connectivity index (χ3v) is 4.43. The standard InChI is InChI=1S/C23H22FN3O2/c24-20-9-5-4-8-18(20)11-15-26-22(28)19-12-14-25-21(16-19)23(29)27-13-10-17-6-2-1-3-7-17/h1-9,12,14,16H,10-11,13,15H2,(H,26,28)(H,27,29). The van der Waals surface area contributed by atoms with E-state index in [2.05, 4.69) is 15.6 Å². The molecule has 0 aliphatic rings. The van der Waals surface area contributed by atoms with Gasteiger partial charge in [-0.2, -0.15) is 0 Å². The number of rotatable bonds is 8. The average molecular weight is 391 g/mol. The van der Waals surface area contributed by atoms with Gasteiger partial charge in [-0.25, -0.2) is 4.39 Å². The number of pyridine rings is 1. The molecule has 3 aromatic rings. The van der Waals surface area contributed by atoms with E-state index >= 15 is 0 Å². The van der Waals surface area contributed by atoms with Crippen LogP contribution in [0.15, 0.2) is 72.9 Å². The summed E-state index contributed by atoms with van der Waals surface area (Å²) in [5.41, 5.74) is 2.19. The van der Waals surface area contributed by atoms with Crippen molar-refractivity contribution in [3.05, 3.63) is 101 Å². The Kier molecular flexibility index (Phi) is 7.05. The highest BCUT2D eigenvalue weighted by molar-refractivity contribution is 5.98. The lowest BCUT2D eigenvalue weighted by Crippen LogP contribution is -2.28. The van der Waals surface area contributed by atoms with Crippen LogP contribution in [0.4, 0.5) is 4.39 Å². The molecule has 0 fully saturated rings. The molecule has 0 spiro atoms. The van der Waals surface area contributed by atoms with Gasteiger partial charge in [-0.15, -0.1) is 0 Å². The molecule has 0 atom stereocenters. The van der Waals surface area contributed by atoms with Gasteiger partial charge in [-0.3, -0.25) is 14.6 Å². The fourth-order valence-corrected chi connectivity index (χ4v) is 2.87. The lowest BCUT2D eigenvalue weighted by molar-refractivity contribution is 0.0949. The number of aromatic nitrogens is 1. The fourth-order valence-electron chi connectivity index (χ4n) is 2.87. The Hall–Kier alpha value is -3.54. The first-order chi connectivity index (χ1) is 14.1. The Balaban J connectivity index is 1.50. The van der Waals surface area contributed by atoms with Crippen LogP contribution in [0.2, 0.25) is 0 Å². The molecule has 29 heavy (non-hydrogen) atoms. The summed E-state index contributed by atoms with van der Waals surface area (Å²) in [4.78, 5) is 28.7. The Labute approximate surface area is 169 Å². The number of halogens is 1. The molecule has 6 heteroatoms. The highest BCUT2D eigenvalue weighted by atomic mass is 19.1. The number of carbonyl (C=O) groups excluding carboxylic acids is 2. The van der Waals surface area contributed by atoms with E-state index in [-0.39, 0.29) is 23.3 Å². The number of nitrogens with one attached hydrogen (secondary N) is 2. The molecule has 1 heterocycles. The molecule has 0 unspecified atom stereocenters. The molecule has 0 saturated carbocycles. The van der Waals surface area contributed by atoms with Crippen molar-refractivity contribution in [2.75, 3.05) is 13.1 Å². The number of carbonyl (C=O) groups is 2. The maximum Gasteiger partial charge on any atom is 0.269 e. The molecule has 148 valence electrons. The maximum atomic E-state index is 13.6. The minimum Gasteiger partial charge on any atom is -0.352 e. The van der Waals surface area contributed by atoms with Gasteiger partial charge in [0.1, 0.15) is 11.5 Å². The van der Waals surface area contributed by atoms with Crippen LogP contribution in [0.25, 0.3) is 0 Å². The van der Waals surface area contributed by atoms with Gasteiger partial charge >= 0.3 is 0 Å². The number of benzene rings is 2. The lowest BCUT2D eigenvalue weighted by atomic mass is 10.1. The summed E-state index contributed by atoms with van der Waals surface area (Å²) in [5.74, 6) is -0.955. The molecule has 0 saturated heterocycles. The maximum absolute atomic E-state index is 13.6. The van der Waals surface area contributed by atoms with Gasteiger partial charge in [0, 0.05) is 24.8 Å². The van der Waals surface area contributed by atoms with Crippen LogP contribution in [-0.4, -0.2) is 29.9 Å². The second kappa shape index (κ2) is 10.1. The van der Waals surface area contributed by atoms with Crippen LogP contribution in [0.1, 0.15) is 32.0 Å². The normalized spacial score (nSPS) is 10.4. The van der Waals surface area contributed by atoms with Crippen molar-refractivity contribution in [3.63, 3.8) is 0 Å². The minimum atomic E-state index is -0.332. The molecule has 2 aromatic carbocycles. The van der Waals surface area contributed by atoms with Gasteiger partial charge in [-0.1, -0.05) is 48.5 Å². The number of amides is 2. The van der Waals surface area contributed by atoms with Crippen molar-refractivity contribution in [1.82, 2.24) is 15.6 Å². The van der Waals surface area contributed by atoms with Crippen molar-refractivity contribution in [2.45, 2.75) is 12.8 Å². The lowest BCUT2D eigenvalue weighted by Gasteiger charge is -2.08. The molecule has 2 N–H and O–H groups in total. The molecule has 3 rings (SSSR count). The Morgan fingerprint density at radius 2 is 1.52 bits per heavy atom. The molecule has 0 aliphatic heterocycles. The van der Waals surface area contributed by atoms with E-state index in [4.69, 9.17) is 0 Å². The van der Waals surface area contributed by atoms with Gasteiger partial charge in [0.25, 0.3) is 11.8 Å². The van der Waals surface area contributed by atoms with Gasteiger partial charge < -0.3 is 10.6 Å². The van der Waals surface area contributed by atoms with Crippen molar-refractivity contribution in [1.29, 1.82) is 0 Å². The smallest absolute Gasteiger partial charge is 0.269 e. The molecule has 0 bridgehead atoms. The van der Waals surface area contributed by atoms with E-state index < -0.39 is 0 Å².